The molecule has 2 N–H and O–H groups in total. The molecule has 1 aromatic heterocycles. The number of nitrogens with one attached hydrogen (secondary N) is 1. The van der Waals surface area contributed by atoms with E-state index in [9.17, 15) is 4.79 Å². The molecule has 1 unspecified atom stereocenters. The van der Waals surface area contributed by atoms with Crippen molar-refractivity contribution in [3.05, 3.63) is 23.7 Å². The summed E-state index contributed by atoms with van der Waals surface area (Å²) in [4.78, 5) is 15.6. The Hall–Kier alpha value is -1.37. The third-order valence-electron chi connectivity index (χ3n) is 3.62. The van der Waals surface area contributed by atoms with Crippen molar-refractivity contribution in [2.75, 3.05) is 40.3 Å². The van der Waals surface area contributed by atoms with Gasteiger partial charge in [0.15, 0.2) is 0 Å². The number of hydrogen-bond donors (Lipinski definition) is 2. The van der Waals surface area contributed by atoms with Gasteiger partial charge in [0, 0.05) is 44.3 Å². The molecular weight excluding hydrogens is 246 g/mol. The molecule has 0 radical (unpaired) electrons. The van der Waals surface area contributed by atoms with Crippen LogP contribution in [0.15, 0.2) is 16.7 Å². The number of carbonyl (C=O) groups is 1. The van der Waals surface area contributed by atoms with Crippen LogP contribution in [0.3, 0.4) is 0 Å². The summed E-state index contributed by atoms with van der Waals surface area (Å²) in [5.41, 5.74) is 0.694. The Morgan fingerprint density at radius 3 is 3.05 bits per heavy atom. The SMILES string of the molecule is CN1CCN(C)C(CNCc2ccoc2C(=O)O)C1. The van der Waals surface area contributed by atoms with E-state index in [0.717, 1.165) is 26.2 Å². The van der Waals surface area contributed by atoms with Crippen molar-refractivity contribution in [2.45, 2.75) is 12.6 Å². The Kier molecular flexibility index (Phi) is 4.57. The zero-order valence-corrected chi connectivity index (χ0v) is 11.4. The predicted octanol–water partition coefficient (Wildman–Crippen LogP) is 0.313. The molecule has 0 bridgehead atoms. The van der Waals surface area contributed by atoms with E-state index in [0.29, 0.717) is 18.2 Å². The summed E-state index contributed by atoms with van der Waals surface area (Å²) in [5.74, 6) is -0.988. The van der Waals surface area contributed by atoms with E-state index in [4.69, 9.17) is 9.52 Å². The molecule has 2 heterocycles. The lowest BCUT2D eigenvalue weighted by Gasteiger charge is -2.37. The summed E-state index contributed by atoms with van der Waals surface area (Å²) in [7, 11) is 4.25. The predicted molar refractivity (Wildman–Crippen MR) is 71.3 cm³/mol. The minimum absolute atomic E-state index is 0.0293. The lowest BCUT2D eigenvalue weighted by molar-refractivity contribution is 0.0660. The highest BCUT2D eigenvalue weighted by molar-refractivity contribution is 5.86. The van der Waals surface area contributed by atoms with Gasteiger partial charge < -0.3 is 19.7 Å². The van der Waals surface area contributed by atoms with Crippen LogP contribution in [-0.4, -0.2) is 67.2 Å². The molecule has 0 spiro atoms. The van der Waals surface area contributed by atoms with Crippen LogP contribution in [0.1, 0.15) is 16.1 Å². The van der Waals surface area contributed by atoms with Gasteiger partial charge in [-0.2, -0.15) is 0 Å². The molecule has 19 heavy (non-hydrogen) atoms. The number of furan rings is 1. The minimum atomic E-state index is -1.02. The molecule has 0 amide bonds. The van der Waals surface area contributed by atoms with Crippen LogP contribution in [0.5, 0.6) is 0 Å². The number of likely N-dealkylation sites (N-methyl/N-ethyl adjacent to an activating group) is 2. The van der Waals surface area contributed by atoms with E-state index in [2.05, 4.69) is 29.2 Å². The van der Waals surface area contributed by atoms with Crippen LogP contribution >= 0.6 is 0 Å². The number of nitrogens with zero attached hydrogens (tertiary/aromatic N) is 2. The van der Waals surface area contributed by atoms with Gasteiger partial charge >= 0.3 is 5.97 Å². The van der Waals surface area contributed by atoms with Crippen molar-refractivity contribution >= 4 is 5.97 Å². The maximum absolute atomic E-state index is 10.9. The van der Waals surface area contributed by atoms with Crippen LogP contribution in [0.2, 0.25) is 0 Å². The Morgan fingerprint density at radius 1 is 1.53 bits per heavy atom. The molecule has 0 saturated carbocycles. The number of carboxylic acid groups (broad SMARTS) is 1. The van der Waals surface area contributed by atoms with E-state index in [1.165, 1.54) is 6.26 Å². The van der Waals surface area contributed by atoms with E-state index in [-0.39, 0.29) is 5.76 Å². The van der Waals surface area contributed by atoms with Crippen molar-refractivity contribution in [1.82, 2.24) is 15.1 Å². The third-order valence-corrected chi connectivity index (χ3v) is 3.62. The number of aromatic carboxylic acids is 1. The molecule has 6 heteroatoms. The molecule has 0 aliphatic carbocycles. The van der Waals surface area contributed by atoms with Gasteiger partial charge in [0.1, 0.15) is 0 Å². The first kappa shape index (κ1) is 14.0. The van der Waals surface area contributed by atoms with Crippen LogP contribution < -0.4 is 5.32 Å². The molecular formula is C13H21N3O3. The summed E-state index contributed by atoms with van der Waals surface area (Å²) in [6.45, 7) is 4.55. The second-order valence-electron chi connectivity index (χ2n) is 5.11. The standard InChI is InChI=1S/C13H21N3O3/c1-15-4-5-16(2)11(9-15)8-14-7-10-3-6-19-12(10)13(17)18/h3,6,11,14H,4-5,7-9H2,1-2H3,(H,17,18). The van der Waals surface area contributed by atoms with Gasteiger partial charge in [-0.25, -0.2) is 4.79 Å². The van der Waals surface area contributed by atoms with Crippen molar-refractivity contribution in [1.29, 1.82) is 0 Å². The lowest BCUT2D eigenvalue weighted by Crippen LogP contribution is -2.53. The molecule has 106 valence electrons. The maximum Gasteiger partial charge on any atom is 0.372 e. The summed E-state index contributed by atoms with van der Waals surface area (Å²) in [6.07, 6.45) is 1.42. The quantitative estimate of drug-likeness (QED) is 0.800. The van der Waals surface area contributed by atoms with Crippen LogP contribution in [0.4, 0.5) is 0 Å². The van der Waals surface area contributed by atoms with Crippen LogP contribution in [0.25, 0.3) is 0 Å². The number of piperazine rings is 1. The summed E-state index contributed by atoms with van der Waals surface area (Å²) < 4.78 is 4.95. The fourth-order valence-electron chi connectivity index (χ4n) is 2.36. The van der Waals surface area contributed by atoms with Crippen LogP contribution in [0, 0.1) is 0 Å². The largest absolute Gasteiger partial charge is 0.475 e. The maximum atomic E-state index is 10.9. The number of hydrogen-bond acceptors (Lipinski definition) is 5. The monoisotopic (exact) mass is 267 g/mol. The highest BCUT2D eigenvalue weighted by Gasteiger charge is 2.22. The first-order valence-electron chi connectivity index (χ1n) is 6.47. The van der Waals surface area contributed by atoms with E-state index < -0.39 is 5.97 Å². The second-order valence-corrected chi connectivity index (χ2v) is 5.11. The Bertz CT molecular complexity index is 433. The number of carboxylic acids is 1. The van der Waals surface area contributed by atoms with Crippen molar-refractivity contribution < 1.29 is 14.3 Å². The summed E-state index contributed by atoms with van der Waals surface area (Å²) in [6, 6.07) is 2.16. The average molecular weight is 267 g/mol. The summed E-state index contributed by atoms with van der Waals surface area (Å²) >= 11 is 0. The van der Waals surface area contributed by atoms with Crippen molar-refractivity contribution in [3.8, 4) is 0 Å². The van der Waals surface area contributed by atoms with E-state index in [1.807, 2.05) is 0 Å². The molecule has 1 aromatic rings. The zero-order valence-electron chi connectivity index (χ0n) is 11.4. The Balaban J connectivity index is 1.82. The molecule has 1 atom stereocenters. The fourth-order valence-corrected chi connectivity index (χ4v) is 2.36. The van der Waals surface area contributed by atoms with E-state index in [1.54, 1.807) is 6.07 Å². The zero-order chi connectivity index (χ0) is 13.8. The summed E-state index contributed by atoms with van der Waals surface area (Å²) in [5, 5.41) is 12.3. The minimum Gasteiger partial charge on any atom is -0.475 e. The topological polar surface area (TPSA) is 69.0 Å². The number of rotatable bonds is 5. The van der Waals surface area contributed by atoms with Gasteiger partial charge in [0.2, 0.25) is 5.76 Å². The second kappa shape index (κ2) is 6.18. The molecule has 1 aliphatic rings. The average Bonchev–Trinajstić information content (AvgIpc) is 2.82. The van der Waals surface area contributed by atoms with Crippen molar-refractivity contribution in [3.63, 3.8) is 0 Å². The highest BCUT2D eigenvalue weighted by atomic mass is 16.4. The molecule has 6 nitrogen and oxygen atoms in total. The van der Waals surface area contributed by atoms with Gasteiger partial charge in [-0.15, -0.1) is 0 Å². The molecule has 1 aliphatic heterocycles. The highest BCUT2D eigenvalue weighted by Crippen LogP contribution is 2.10. The Labute approximate surface area is 113 Å². The lowest BCUT2D eigenvalue weighted by atomic mass is 10.1. The molecule has 1 fully saturated rings. The van der Waals surface area contributed by atoms with E-state index >= 15 is 0 Å². The van der Waals surface area contributed by atoms with Gasteiger partial charge in [0.05, 0.1) is 6.26 Å². The smallest absolute Gasteiger partial charge is 0.372 e. The van der Waals surface area contributed by atoms with Gasteiger partial charge in [0.25, 0.3) is 0 Å². The van der Waals surface area contributed by atoms with Gasteiger partial charge in [-0.05, 0) is 20.2 Å². The van der Waals surface area contributed by atoms with Gasteiger partial charge in [-0.3, -0.25) is 4.90 Å². The first-order chi connectivity index (χ1) is 9.08. The van der Waals surface area contributed by atoms with Crippen LogP contribution in [-0.2, 0) is 6.54 Å². The van der Waals surface area contributed by atoms with Gasteiger partial charge in [-0.1, -0.05) is 0 Å². The fraction of sp³-hybridized carbons (Fsp3) is 0.615. The Morgan fingerprint density at radius 2 is 2.32 bits per heavy atom. The molecule has 2 rings (SSSR count). The molecule has 0 aromatic carbocycles. The molecule has 1 saturated heterocycles. The van der Waals surface area contributed by atoms with Crippen molar-refractivity contribution in [2.24, 2.45) is 0 Å². The third kappa shape index (κ3) is 3.56. The normalized spacial score (nSPS) is 21.7. The first-order valence-corrected chi connectivity index (χ1v) is 6.47.